The molecule has 3 aromatic rings. The number of nitrogens with one attached hydrogen (secondary N) is 2. The molecule has 1 amide bonds. The number of hydrogen-bond donors (Lipinski definition) is 3. The number of nitrogens with zero attached hydrogens (tertiary/aromatic N) is 1. The number of carbonyl (C=O) groups excluding carboxylic acids is 1. The van der Waals surface area contributed by atoms with E-state index in [1.54, 1.807) is 36.4 Å². The quantitative estimate of drug-likeness (QED) is 0.323. The molecular weight excluding hydrogens is 502 g/mol. The topological polar surface area (TPSA) is 116 Å². The van der Waals surface area contributed by atoms with Gasteiger partial charge < -0.3 is 15.3 Å². The third-order valence-corrected chi connectivity index (χ3v) is 7.26. The van der Waals surface area contributed by atoms with E-state index in [1.807, 2.05) is 43.3 Å². The number of aliphatic carboxylic acids is 1. The summed E-state index contributed by atoms with van der Waals surface area (Å²) in [7, 11) is -0.398. The van der Waals surface area contributed by atoms with Gasteiger partial charge in [0.1, 0.15) is 6.04 Å². The fourth-order valence-electron chi connectivity index (χ4n) is 3.62. The van der Waals surface area contributed by atoms with E-state index < -0.39 is 22.0 Å². The van der Waals surface area contributed by atoms with Crippen LogP contribution in [0, 0.1) is 0 Å². The zero-order chi connectivity index (χ0) is 26.3. The van der Waals surface area contributed by atoms with Gasteiger partial charge in [0, 0.05) is 31.4 Å². The lowest BCUT2D eigenvalue weighted by atomic mass is 10.1. The maximum absolute atomic E-state index is 12.8. The van der Waals surface area contributed by atoms with Crippen LogP contribution in [-0.4, -0.2) is 52.1 Å². The van der Waals surface area contributed by atoms with E-state index in [-0.39, 0.29) is 30.2 Å². The summed E-state index contributed by atoms with van der Waals surface area (Å²) >= 11 is 5.91. The molecule has 10 heteroatoms. The van der Waals surface area contributed by atoms with Crippen molar-refractivity contribution in [2.24, 2.45) is 0 Å². The molecule has 8 nitrogen and oxygen atoms in total. The van der Waals surface area contributed by atoms with Crippen LogP contribution in [0.4, 0.5) is 5.69 Å². The van der Waals surface area contributed by atoms with Crippen molar-refractivity contribution in [3.8, 4) is 11.1 Å². The lowest BCUT2D eigenvalue weighted by Gasteiger charge is -2.17. The van der Waals surface area contributed by atoms with E-state index in [4.69, 9.17) is 11.6 Å². The zero-order valence-corrected chi connectivity index (χ0v) is 21.5. The summed E-state index contributed by atoms with van der Waals surface area (Å²) in [5.74, 6) is -1.58. The van der Waals surface area contributed by atoms with E-state index in [2.05, 4.69) is 10.0 Å². The Hall–Kier alpha value is -3.40. The maximum Gasteiger partial charge on any atom is 0.321 e. The molecule has 0 saturated heterocycles. The largest absolute Gasteiger partial charge is 0.480 e. The second-order valence-corrected chi connectivity index (χ2v) is 10.5. The lowest BCUT2D eigenvalue weighted by molar-refractivity contribution is -0.139. The predicted molar refractivity (Wildman–Crippen MR) is 141 cm³/mol. The molecule has 0 radical (unpaired) electrons. The van der Waals surface area contributed by atoms with Crippen LogP contribution in [0.3, 0.4) is 0 Å². The van der Waals surface area contributed by atoms with Gasteiger partial charge in [-0.25, -0.2) is 8.42 Å². The van der Waals surface area contributed by atoms with Crippen LogP contribution in [-0.2, 0) is 14.8 Å². The van der Waals surface area contributed by atoms with Gasteiger partial charge in [0.15, 0.2) is 0 Å². The fraction of sp³-hybridized carbons (Fsp3) is 0.231. The number of carboxylic acids is 1. The molecule has 0 spiro atoms. The highest BCUT2D eigenvalue weighted by molar-refractivity contribution is 7.89. The molecule has 3 N–H and O–H groups in total. The van der Waals surface area contributed by atoms with Crippen LogP contribution in [0.25, 0.3) is 11.1 Å². The van der Waals surface area contributed by atoms with Crippen LogP contribution in [0.2, 0.25) is 5.02 Å². The van der Waals surface area contributed by atoms with Gasteiger partial charge in [0.25, 0.3) is 5.91 Å². The summed E-state index contributed by atoms with van der Waals surface area (Å²) in [6.45, 7) is 0.196. The molecular formula is C26H28ClN3O5S. The number of anilines is 1. The van der Waals surface area contributed by atoms with E-state index >= 15 is 0 Å². The van der Waals surface area contributed by atoms with Crippen molar-refractivity contribution in [1.82, 2.24) is 10.0 Å². The van der Waals surface area contributed by atoms with Gasteiger partial charge in [0.05, 0.1) is 10.5 Å². The summed E-state index contributed by atoms with van der Waals surface area (Å²) in [5, 5.41) is 12.9. The van der Waals surface area contributed by atoms with E-state index in [9.17, 15) is 23.1 Å². The minimum atomic E-state index is -4.07. The Bertz CT molecular complexity index is 1310. The van der Waals surface area contributed by atoms with Crippen molar-refractivity contribution >= 4 is 39.2 Å². The normalized spacial score (nSPS) is 12.1. The first-order valence-corrected chi connectivity index (χ1v) is 13.1. The first-order valence-electron chi connectivity index (χ1n) is 11.2. The Morgan fingerprint density at radius 2 is 1.53 bits per heavy atom. The van der Waals surface area contributed by atoms with Gasteiger partial charge >= 0.3 is 5.97 Å². The average Bonchev–Trinajstić information content (AvgIpc) is 2.86. The molecule has 0 aromatic heterocycles. The number of carboxylic acid groups (broad SMARTS) is 1. The predicted octanol–water partition coefficient (Wildman–Crippen LogP) is 4.01. The molecule has 0 saturated carbocycles. The average molecular weight is 530 g/mol. The number of halogens is 1. The van der Waals surface area contributed by atoms with E-state index in [0.29, 0.717) is 10.6 Å². The molecule has 0 aliphatic rings. The van der Waals surface area contributed by atoms with Crippen molar-refractivity contribution in [3.63, 3.8) is 0 Å². The van der Waals surface area contributed by atoms with Crippen LogP contribution in [0.1, 0.15) is 23.2 Å². The van der Waals surface area contributed by atoms with Crippen molar-refractivity contribution in [1.29, 1.82) is 0 Å². The second-order valence-electron chi connectivity index (χ2n) is 8.35. The smallest absolute Gasteiger partial charge is 0.321 e. The number of amides is 1. The molecule has 0 fully saturated rings. The summed E-state index contributed by atoms with van der Waals surface area (Å²) in [5.41, 5.74) is 2.93. The first-order chi connectivity index (χ1) is 17.1. The van der Waals surface area contributed by atoms with Crippen molar-refractivity contribution in [3.05, 3.63) is 83.4 Å². The molecule has 0 aliphatic carbocycles. The molecule has 3 aromatic carbocycles. The minimum absolute atomic E-state index is 0.00697. The fourth-order valence-corrected chi connectivity index (χ4v) is 4.97. The highest BCUT2D eigenvalue weighted by Crippen LogP contribution is 2.23. The Balaban J connectivity index is 1.59. The van der Waals surface area contributed by atoms with Crippen molar-refractivity contribution in [2.45, 2.75) is 23.8 Å². The summed E-state index contributed by atoms with van der Waals surface area (Å²) < 4.78 is 27.9. The highest BCUT2D eigenvalue weighted by atomic mass is 35.5. The molecule has 0 bridgehead atoms. The number of rotatable bonds is 11. The number of carbonyl (C=O) groups is 2. The summed E-state index contributed by atoms with van der Waals surface area (Å²) in [6.07, 6.45) is 0.276. The highest BCUT2D eigenvalue weighted by Gasteiger charge is 2.25. The third-order valence-electron chi connectivity index (χ3n) is 5.52. The van der Waals surface area contributed by atoms with Crippen LogP contribution in [0.15, 0.2) is 77.7 Å². The van der Waals surface area contributed by atoms with Gasteiger partial charge in [0.2, 0.25) is 10.0 Å². The van der Waals surface area contributed by atoms with Crippen molar-refractivity contribution in [2.75, 3.05) is 25.5 Å². The number of para-hydroxylation sites is 1. The number of hydrogen-bond acceptors (Lipinski definition) is 5. The number of sulfonamides is 1. The molecule has 3 rings (SSSR count). The molecule has 0 aliphatic heterocycles. The van der Waals surface area contributed by atoms with Crippen LogP contribution in [0.5, 0.6) is 0 Å². The maximum atomic E-state index is 12.8. The van der Waals surface area contributed by atoms with Gasteiger partial charge in [-0.2, -0.15) is 4.72 Å². The van der Waals surface area contributed by atoms with Gasteiger partial charge in [-0.15, -0.1) is 0 Å². The van der Waals surface area contributed by atoms with Gasteiger partial charge in [-0.1, -0.05) is 48.0 Å². The van der Waals surface area contributed by atoms with E-state index in [0.717, 1.165) is 16.8 Å². The minimum Gasteiger partial charge on any atom is -0.480 e. The van der Waals surface area contributed by atoms with E-state index in [1.165, 1.54) is 12.1 Å². The zero-order valence-electron chi connectivity index (χ0n) is 19.9. The summed E-state index contributed by atoms with van der Waals surface area (Å²) in [4.78, 5) is 26.0. The molecule has 1 unspecified atom stereocenters. The van der Waals surface area contributed by atoms with Gasteiger partial charge in [-0.05, 0) is 60.4 Å². The SMILES string of the molecule is CN(C)c1ccccc1C(=O)NCCCC(NS(=O)(=O)c1ccc(-c2ccc(Cl)cc2)cc1)C(=O)O. The Morgan fingerprint density at radius 1 is 0.944 bits per heavy atom. The molecule has 1 atom stereocenters. The molecule has 190 valence electrons. The Morgan fingerprint density at radius 3 is 2.11 bits per heavy atom. The first kappa shape index (κ1) is 27.2. The van der Waals surface area contributed by atoms with Crippen LogP contribution < -0.4 is 14.9 Å². The van der Waals surface area contributed by atoms with Crippen molar-refractivity contribution < 1.29 is 23.1 Å². The molecule has 36 heavy (non-hydrogen) atoms. The second kappa shape index (κ2) is 12.0. The molecule has 0 heterocycles. The monoisotopic (exact) mass is 529 g/mol. The standard InChI is InChI=1S/C26H28ClN3O5S/c1-30(2)24-8-4-3-6-22(24)25(31)28-17-5-7-23(26(32)33)29-36(34,35)21-15-11-19(12-16-21)18-9-13-20(27)14-10-18/h3-4,6,8-16,23,29H,5,7,17H2,1-2H3,(H,28,31)(H,32,33). The van der Waals surface area contributed by atoms with Gasteiger partial charge in [-0.3, -0.25) is 9.59 Å². The third kappa shape index (κ3) is 7.07. The lowest BCUT2D eigenvalue weighted by Crippen LogP contribution is -2.41. The Kier molecular flexibility index (Phi) is 9.08. The Labute approximate surface area is 216 Å². The number of benzene rings is 3. The van der Waals surface area contributed by atoms with Crippen LogP contribution >= 0.6 is 11.6 Å². The summed E-state index contributed by atoms with van der Waals surface area (Å²) in [6, 6.07) is 19.1.